The Balaban J connectivity index is 1.04. The van der Waals surface area contributed by atoms with Crippen LogP contribution in [0.1, 0.15) is 75.5 Å². The van der Waals surface area contributed by atoms with Gasteiger partial charge in [0.15, 0.2) is 0 Å². The lowest BCUT2D eigenvalue weighted by molar-refractivity contribution is -0.144. The maximum Gasteiger partial charge on any atom is 0.261 e. The summed E-state index contributed by atoms with van der Waals surface area (Å²) < 4.78 is 20.4. The van der Waals surface area contributed by atoms with Crippen LogP contribution in [0.5, 0.6) is 0 Å². The Morgan fingerprint density at radius 1 is 0.794 bits per heavy atom. The molecule has 63 heavy (non-hydrogen) atoms. The molecule has 9 heteroatoms. The normalized spacial score (nSPS) is 22.5. The lowest BCUT2D eigenvalue weighted by Crippen LogP contribution is -2.66. The van der Waals surface area contributed by atoms with E-state index in [0.717, 1.165) is 54.8 Å². The Morgan fingerprint density at radius 3 is 2.02 bits per heavy atom. The number of furan rings is 1. The third-order valence-corrected chi connectivity index (χ3v) is 19.1. The van der Waals surface area contributed by atoms with Crippen molar-refractivity contribution >= 4 is 42.2 Å². The molecule has 1 aliphatic carbocycles. The van der Waals surface area contributed by atoms with E-state index < -0.39 is 20.2 Å². The van der Waals surface area contributed by atoms with E-state index >= 15 is 0 Å². The first-order chi connectivity index (χ1) is 30.6. The fourth-order valence-electron chi connectivity index (χ4n) is 11.1. The number of piperidine rings is 1. The summed E-state index contributed by atoms with van der Waals surface area (Å²) in [7, 11) is -2.94. The van der Waals surface area contributed by atoms with E-state index in [9.17, 15) is 14.7 Å². The minimum Gasteiger partial charge on any atom is -0.459 e. The Morgan fingerprint density at radius 2 is 1.41 bits per heavy atom. The van der Waals surface area contributed by atoms with Crippen LogP contribution in [0, 0.1) is 17.8 Å². The molecular formula is C54H60N2O6Si. The number of carbonyl (C=O) groups excluding carboxylic acids is 2. The van der Waals surface area contributed by atoms with Gasteiger partial charge in [-0.3, -0.25) is 19.4 Å². The maximum atomic E-state index is 14.8. The Kier molecular flexibility index (Phi) is 12.7. The summed E-state index contributed by atoms with van der Waals surface area (Å²) in [5.74, 6) is 0.0784. The SMILES string of the molecule is CC(C)(C)[Si](OCC1=C2[C@@H](CC/C(=C/c3ccc(CO)o3)c3ccccc3)OC[C@@H]2[C@@H]2C(=O)N(C3CCN(Cc4ccccc4)CC3)C(=O)[C@@H]2C1)(c1ccccc1)c1ccccc1. The molecule has 4 aromatic carbocycles. The average molecular weight is 861 g/mol. The van der Waals surface area contributed by atoms with Gasteiger partial charge in [0.2, 0.25) is 11.8 Å². The second-order valence-corrected chi connectivity index (χ2v) is 23.2. The van der Waals surface area contributed by atoms with Crippen LogP contribution in [0.25, 0.3) is 11.6 Å². The molecule has 1 N–H and O–H groups in total. The van der Waals surface area contributed by atoms with Crippen LogP contribution < -0.4 is 10.4 Å². The zero-order chi connectivity index (χ0) is 43.6. The number of fused-ring (bicyclic) bond motifs is 3. The van der Waals surface area contributed by atoms with Crippen LogP contribution in [0.3, 0.4) is 0 Å². The predicted molar refractivity (Wildman–Crippen MR) is 250 cm³/mol. The molecule has 5 aromatic rings. The molecule has 326 valence electrons. The Labute approximate surface area is 373 Å². The van der Waals surface area contributed by atoms with Crippen LogP contribution >= 0.6 is 0 Å². The first-order valence-corrected chi connectivity index (χ1v) is 24.7. The fraction of sp³-hybridized carbons (Fsp3) is 0.370. The number of rotatable bonds is 14. The van der Waals surface area contributed by atoms with Crippen molar-refractivity contribution in [3.05, 3.63) is 167 Å². The molecule has 4 aliphatic rings. The molecule has 3 fully saturated rings. The lowest BCUT2D eigenvalue weighted by atomic mass is 9.69. The van der Waals surface area contributed by atoms with Crippen molar-refractivity contribution in [2.45, 2.75) is 83.2 Å². The summed E-state index contributed by atoms with van der Waals surface area (Å²) in [5.41, 5.74) is 5.73. The summed E-state index contributed by atoms with van der Waals surface area (Å²) in [6.45, 7) is 10.0. The van der Waals surface area contributed by atoms with Gasteiger partial charge in [-0.1, -0.05) is 142 Å². The highest BCUT2D eigenvalue weighted by Gasteiger charge is 2.59. The summed E-state index contributed by atoms with van der Waals surface area (Å²) >= 11 is 0. The van der Waals surface area contributed by atoms with Gasteiger partial charge in [-0.15, -0.1) is 0 Å². The van der Waals surface area contributed by atoms with Gasteiger partial charge in [0, 0.05) is 31.6 Å². The van der Waals surface area contributed by atoms with Crippen LogP contribution in [-0.4, -0.2) is 73.5 Å². The number of ether oxygens (including phenoxy) is 1. The van der Waals surface area contributed by atoms with Gasteiger partial charge < -0.3 is 18.7 Å². The highest BCUT2D eigenvalue weighted by atomic mass is 28.4. The van der Waals surface area contributed by atoms with E-state index in [1.807, 2.05) is 30.3 Å². The average Bonchev–Trinajstić information content (AvgIpc) is 4.02. The minimum atomic E-state index is -2.94. The number of hydrogen-bond donors (Lipinski definition) is 1. The van der Waals surface area contributed by atoms with Crippen molar-refractivity contribution < 1.29 is 28.3 Å². The van der Waals surface area contributed by atoms with Crippen LogP contribution in [-0.2, 0) is 31.9 Å². The second-order valence-electron chi connectivity index (χ2n) is 18.9. The number of likely N-dealkylation sites (tertiary alicyclic amines) is 2. The molecule has 1 aromatic heterocycles. The molecule has 0 radical (unpaired) electrons. The summed E-state index contributed by atoms with van der Waals surface area (Å²) in [5, 5.41) is 11.9. The first kappa shape index (κ1) is 43.1. The lowest BCUT2D eigenvalue weighted by Gasteiger charge is -2.44. The van der Waals surface area contributed by atoms with Crippen molar-refractivity contribution in [3.8, 4) is 0 Å². The number of amides is 2. The van der Waals surface area contributed by atoms with Crippen molar-refractivity contribution in [1.29, 1.82) is 0 Å². The number of carbonyl (C=O) groups is 2. The van der Waals surface area contributed by atoms with Crippen LogP contribution in [0.15, 0.2) is 149 Å². The second kappa shape index (κ2) is 18.5. The van der Waals surface area contributed by atoms with E-state index in [2.05, 4.69) is 129 Å². The van der Waals surface area contributed by atoms with Crippen molar-refractivity contribution in [1.82, 2.24) is 9.80 Å². The number of imide groups is 1. The number of allylic oxidation sites excluding steroid dienone is 1. The zero-order valence-corrected chi connectivity index (χ0v) is 37.8. The van der Waals surface area contributed by atoms with E-state index in [1.54, 1.807) is 11.0 Å². The van der Waals surface area contributed by atoms with E-state index in [-0.39, 0.29) is 41.5 Å². The number of hydrogen-bond acceptors (Lipinski definition) is 7. The molecule has 0 unspecified atom stereocenters. The molecule has 9 rings (SSSR count). The molecule has 0 spiro atoms. The number of nitrogens with zero attached hydrogens (tertiary/aromatic N) is 2. The highest BCUT2D eigenvalue weighted by molar-refractivity contribution is 6.99. The monoisotopic (exact) mass is 860 g/mol. The standard InChI is InChI=1S/C54H60N2O6Si/c1-54(2,3)63(45-20-12-6-13-21-45,46-22-14-7-15-23-46)61-36-41-33-47-51(53(59)56(52(47)58)42-28-30-55(31-29-42)34-38-16-8-4-9-17-38)48-37-60-49(50(41)48)27-24-40(39-18-10-5-11-19-39)32-43-25-26-44(35-57)62-43/h4-23,25-26,32,42,47-49,51,57H,24,27-31,33-37H2,1-3H3/b40-32-/t47-,48+,49-,51-/m1/s1. The number of aliphatic hydroxyl groups is 1. The van der Waals surface area contributed by atoms with Gasteiger partial charge in [-0.05, 0) is 93.6 Å². The van der Waals surface area contributed by atoms with Crippen LogP contribution in [0.4, 0.5) is 0 Å². The van der Waals surface area contributed by atoms with Crippen molar-refractivity contribution in [2.24, 2.45) is 17.8 Å². The largest absolute Gasteiger partial charge is 0.459 e. The minimum absolute atomic E-state index is 0.0208. The van der Waals surface area contributed by atoms with Gasteiger partial charge in [0.05, 0.1) is 31.2 Å². The highest BCUT2D eigenvalue weighted by Crippen LogP contribution is 2.51. The van der Waals surface area contributed by atoms with Crippen LogP contribution in [0.2, 0.25) is 5.04 Å². The molecule has 0 bridgehead atoms. The third kappa shape index (κ3) is 8.62. The molecule has 2 amide bonds. The zero-order valence-electron chi connectivity index (χ0n) is 36.8. The van der Waals surface area contributed by atoms with E-state index in [4.69, 9.17) is 13.6 Å². The Hall–Kier alpha value is -5.16. The summed E-state index contributed by atoms with van der Waals surface area (Å²) in [4.78, 5) is 33.7. The Bertz CT molecular complexity index is 2380. The molecule has 8 nitrogen and oxygen atoms in total. The smallest absolute Gasteiger partial charge is 0.261 e. The summed E-state index contributed by atoms with van der Waals surface area (Å²) in [6.07, 6.45) is 5.23. The number of benzene rings is 4. The topological polar surface area (TPSA) is 92.4 Å². The molecule has 0 saturated carbocycles. The molecule has 3 saturated heterocycles. The van der Waals surface area contributed by atoms with Gasteiger partial charge in [0.1, 0.15) is 18.1 Å². The molecule has 4 atom stereocenters. The van der Waals surface area contributed by atoms with Gasteiger partial charge >= 0.3 is 0 Å². The quantitative estimate of drug-likeness (QED) is 0.0680. The molecule has 3 aliphatic heterocycles. The maximum absolute atomic E-state index is 14.8. The van der Waals surface area contributed by atoms with Gasteiger partial charge in [-0.2, -0.15) is 0 Å². The van der Waals surface area contributed by atoms with Crippen molar-refractivity contribution in [3.63, 3.8) is 0 Å². The summed E-state index contributed by atoms with van der Waals surface area (Å²) in [6, 6.07) is 45.8. The third-order valence-electron chi connectivity index (χ3n) is 14.1. The first-order valence-electron chi connectivity index (χ1n) is 22.8. The van der Waals surface area contributed by atoms with E-state index in [0.29, 0.717) is 44.0 Å². The fourth-order valence-corrected chi connectivity index (χ4v) is 15.6. The van der Waals surface area contributed by atoms with Gasteiger partial charge in [0.25, 0.3) is 8.32 Å². The predicted octanol–water partition coefficient (Wildman–Crippen LogP) is 8.65. The molecule has 4 heterocycles. The molecular weight excluding hydrogens is 801 g/mol. The number of aliphatic hydroxyl groups excluding tert-OH is 1. The van der Waals surface area contributed by atoms with Crippen molar-refractivity contribution in [2.75, 3.05) is 26.3 Å². The van der Waals surface area contributed by atoms with Gasteiger partial charge in [-0.25, -0.2) is 0 Å². The van der Waals surface area contributed by atoms with E-state index in [1.165, 1.54) is 15.9 Å².